The number of hydrogen-bond donors (Lipinski definition) is 1. The second-order valence-electron chi connectivity index (χ2n) is 12.9. The second kappa shape index (κ2) is 13.5. The van der Waals surface area contributed by atoms with Gasteiger partial charge in [0, 0.05) is 88.4 Å². The summed E-state index contributed by atoms with van der Waals surface area (Å²) in [5.41, 5.74) is 5.04. The van der Waals surface area contributed by atoms with E-state index < -0.39 is 0 Å². The number of amides is 3. The van der Waals surface area contributed by atoms with Crippen molar-refractivity contribution in [1.82, 2.24) is 20.0 Å². The molecular weight excluding hydrogens is 578 g/mol. The first-order valence-electron chi connectivity index (χ1n) is 16.1. The van der Waals surface area contributed by atoms with Crippen LogP contribution < -0.4 is 10.2 Å². The van der Waals surface area contributed by atoms with Gasteiger partial charge in [-0.1, -0.05) is 29.8 Å². The molecule has 0 spiro atoms. The molecule has 4 heterocycles. The van der Waals surface area contributed by atoms with Crippen LogP contribution in [-0.2, 0) is 22.5 Å². The van der Waals surface area contributed by atoms with E-state index in [1.54, 1.807) is 16.7 Å². The lowest BCUT2D eigenvalue weighted by Gasteiger charge is -2.32. The molecule has 2 atom stereocenters. The molecule has 2 aromatic rings. The van der Waals surface area contributed by atoms with Crippen molar-refractivity contribution in [3.63, 3.8) is 0 Å². The summed E-state index contributed by atoms with van der Waals surface area (Å²) in [5.74, 6) is 1.21. The molecule has 0 aliphatic carbocycles. The fourth-order valence-corrected chi connectivity index (χ4v) is 7.54. The average Bonchev–Trinajstić information content (AvgIpc) is 3.60. The van der Waals surface area contributed by atoms with Crippen molar-refractivity contribution in [2.45, 2.75) is 52.2 Å². The lowest BCUT2D eigenvalue weighted by atomic mass is 9.95. The highest BCUT2D eigenvalue weighted by atomic mass is 35.5. The molecule has 44 heavy (non-hydrogen) atoms. The van der Waals surface area contributed by atoms with Crippen LogP contribution in [0.25, 0.3) is 0 Å². The highest BCUT2D eigenvalue weighted by molar-refractivity contribution is 6.31. The molecule has 10 heteroatoms. The van der Waals surface area contributed by atoms with Crippen molar-refractivity contribution in [3.8, 4) is 0 Å². The molecule has 3 saturated heterocycles. The zero-order valence-electron chi connectivity index (χ0n) is 25.9. The Morgan fingerprint density at radius 2 is 1.77 bits per heavy atom. The Morgan fingerprint density at radius 3 is 2.48 bits per heavy atom. The van der Waals surface area contributed by atoms with Crippen LogP contribution in [0.4, 0.5) is 10.5 Å². The van der Waals surface area contributed by atoms with Gasteiger partial charge in [0.1, 0.15) is 6.10 Å². The van der Waals surface area contributed by atoms with Gasteiger partial charge in [-0.05, 0) is 79.6 Å². The Morgan fingerprint density at radius 1 is 1.02 bits per heavy atom. The number of rotatable bonds is 7. The van der Waals surface area contributed by atoms with Crippen molar-refractivity contribution in [2.75, 3.05) is 63.8 Å². The molecule has 236 valence electrons. The van der Waals surface area contributed by atoms with Crippen molar-refractivity contribution in [3.05, 3.63) is 63.7 Å². The summed E-state index contributed by atoms with van der Waals surface area (Å²) < 4.78 is 5.95. The Kier molecular flexibility index (Phi) is 9.45. The summed E-state index contributed by atoms with van der Waals surface area (Å²) in [6.45, 7) is 11.5. The quantitative estimate of drug-likeness (QED) is 0.495. The SMILES string of the molecule is CC(=O)N1CCC(OC(=O)N(CCCN2CC3CN(C(=O)c4cccc5c4CCNC5)CC3C2)c2ccc(C)c(Cl)c2)CC1. The van der Waals surface area contributed by atoms with E-state index in [2.05, 4.69) is 21.2 Å². The maximum atomic E-state index is 13.5. The predicted octanol–water partition coefficient (Wildman–Crippen LogP) is 4.34. The molecule has 3 amide bonds. The zero-order chi connectivity index (χ0) is 30.8. The molecule has 9 nitrogen and oxygen atoms in total. The number of benzene rings is 2. The number of carbonyl (C=O) groups excluding carboxylic acids is 3. The molecule has 0 aromatic heterocycles. The Balaban J connectivity index is 1.02. The molecule has 0 saturated carbocycles. The van der Waals surface area contributed by atoms with E-state index in [1.165, 1.54) is 11.1 Å². The molecule has 1 N–H and O–H groups in total. The maximum absolute atomic E-state index is 13.5. The van der Waals surface area contributed by atoms with Crippen molar-refractivity contribution in [1.29, 1.82) is 0 Å². The standard InChI is InChI=1S/C34H44ClN5O4/c1-23-7-8-28(17-32(23)35)40(34(43)44-29-10-15-38(16-11-29)24(2)41)14-4-13-37-19-26-21-39(22-27(26)20-37)33(42)31-6-3-5-25-18-36-12-9-30(25)31/h3,5-8,17,26-27,29,36H,4,9-16,18-22H2,1-2H3. The minimum Gasteiger partial charge on any atom is -0.446 e. The van der Waals surface area contributed by atoms with E-state index in [1.807, 2.05) is 37.3 Å². The third-order valence-electron chi connectivity index (χ3n) is 9.92. The number of anilines is 1. The van der Waals surface area contributed by atoms with Gasteiger partial charge in [-0.25, -0.2) is 4.79 Å². The number of aryl methyl sites for hydroxylation is 1. The minimum absolute atomic E-state index is 0.0589. The summed E-state index contributed by atoms with van der Waals surface area (Å²) in [6.07, 6.45) is 2.43. The molecule has 0 radical (unpaired) electrons. The molecule has 4 aliphatic rings. The van der Waals surface area contributed by atoms with Gasteiger partial charge >= 0.3 is 6.09 Å². The summed E-state index contributed by atoms with van der Waals surface area (Å²) in [7, 11) is 0. The number of piperidine rings is 1. The van der Waals surface area contributed by atoms with Crippen LogP contribution in [0.15, 0.2) is 36.4 Å². The van der Waals surface area contributed by atoms with E-state index in [4.69, 9.17) is 16.3 Å². The topological polar surface area (TPSA) is 85.4 Å². The smallest absolute Gasteiger partial charge is 0.414 e. The highest BCUT2D eigenvalue weighted by Gasteiger charge is 2.42. The van der Waals surface area contributed by atoms with E-state index in [0.717, 1.165) is 75.5 Å². The normalized spacial score (nSPS) is 22.1. The van der Waals surface area contributed by atoms with Gasteiger partial charge in [0.05, 0.1) is 0 Å². The van der Waals surface area contributed by atoms with Crippen LogP contribution in [-0.4, -0.2) is 97.6 Å². The van der Waals surface area contributed by atoms with Gasteiger partial charge in [-0.2, -0.15) is 0 Å². The number of carbonyl (C=O) groups is 3. The highest BCUT2D eigenvalue weighted by Crippen LogP contribution is 2.33. The Bertz CT molecular complexity index is 1380. The van der Waals surface area contributed by atoms with Gasteiger partial charge in [-0.15, -0.1) is 0 Å². The van der Waals surface area contributed by atoms with Crippen LogP contribution in [0.3, 0.4) is 0 Å². The molecule has 2 unspecified atom stereocenters. The fourth-order valence-electron chi connectivity index (χ4n) is 7.36. The first-order valence-corrected chi connectivity index (χ1v) is 16.5. The maximum Gasteiger partial charge on any atom is 0.414 e. The number of halogens is 1. The first kappa shape index (κ1) is 30.9. The predicted molar refractivity (Wildman–Crippen MR) is 171 cm³/mol. The number of likely N-dealkylation sites (tertiary alicyclic amines) is 3. The van der Waals surface area contributed by atoms with Gasteiger partial charge in [-0.3, -0.25) is 14.5 Å². The summed E-state index contributed by atoms with van der Waals surface area (Å²) in [5, 5.41) is 4.02. The number of fused-ring (bicyclic) bond motifs is 2. The molecular formula is C34H44ClN5O4. The van der Waals surface area contributed by atoms with Gasteiger partial charge < -0.3 is 24.8 Å². The number of nitrogens with zero attached hydrogens (tertiary/aromatic N) is 4. The minimum atomic E-state index is -0.363. The molecule has 2 aromatic carbocycles. The van der Waals surface area contributed by atoms with Crippen molar-refractivity contribution < 1.29 is 19.1 Å². The van der Waals surface area contributed by atoms with Crippen LogP contribution in [0, 0.1) is 18.8 Å². The average molecular weight is 622 g/mol. The fraction of sp³-hybridized carbons (Fsp3) is 0.559. The third kappa shape index (κ3) is 6.75. The first-order chi connectivity index (χ1) is 21.3. The molecule has 0 bridgehead atoms. The van der Waals surface area contributed by atoms with Gasteiger partial charge in [0.15, 0.2) is 0 Å². The Labute approximate surface area is 265 Å². The molecule has 3 fully saturated rings. The van der Waals surface area contributed by atoms with E-state index in [0.29, 0.717) is 49.3 Å². The molecule has 4 aliphatic heterocycles. The van der Waals surface area contributed by atoms with E-state index >= 15 is 0 Å². The van der Waals surface area contributed by atoms with Crippen molar-refractivity contribution >= 4 is 35.2 Å². The summed E-state index contributed by atoms with van der Waals surface area (Å²) >= 11 is 6.45. The number of ether oxygens (including phenoxy) is 1. The van der Waals surface area contributed by atoms with Crippen LogP contribution in [0.1, 0.15) is 53.2 Å². The summed E-state index contributed by atoms with van der Waals surface area (Å²) in [6, 6.07) is 11.8. The monoisotopic (exact) mass is 621 g/mol. The van der Waals surface area contributed by atoms with E-state index in [9.17, 15) is 14.4 Å². The van der Waals surface area contributed by atoms with Crippen LogP contribution in [0.2, 0.25) is 5.02 Å². The lowest BCUT2D eigenvalue weighted by molar-refractivity contribution is -0.130. The number of nitrogens with one attached hydrogen (secondary N) is 1. The zero-order valence-corrected chi connectivity index (χ0v) is 26.7. The Hall–Kier alpha value is -3.14. The second-order valence-corrected chi connectivity index (χ2v) is 13.3. The van der Waals surface area contributed by atoms with Crippen LogP contribution in [0.5, 0.6) is 0 Å². The number of hydrogen-bond acceptors (Lipinski definition) is 6. The van der Waals surface area contributed by atoms with Crippen molar-refractivity contribution in [2.24, 2.45) is 11.8 Å². The van der Waals surface area contributed by atoms with E-state index in [-0.39, 0.29) is 24.0 Å². The lowest BCUT2D eigenvalue weighted by Crippen LogP contribution is -2.43. The van der Waals surface area contributed by atoms with Gasteiger partial charge in [0.25, 0.3) is 5.91 Å². The van der Waals surface area contributed by atoms with Gasteiger partial charge in [0.2, 0.25) is 5.91 Å². The largest absolute Gasteiger partial charge is 0.446 e. The van der Waals surface area contributed by atoms with Crippen LogP contribution >= 0.6 is 11.6 Å². The summed E-state index contributed by atoms with van der Waals surface area (Å²) in [4.78, 5) is 46.7. The third-order valence-corrected chi connectivity index (χ3v) is 10.3. The molecule has 6 rings (SSSR count).